The topological polar surface area (TPSA) is 71.0 Å². The zero-order valence-electron chi connectivity index (χ0n) is 13.2. The van der Waals surface area contributed by atoms with Gasteiger partial charge in [-0.15, -0.1) is 0 Å². The summed E-state index contributed by atoms with van der Waals surface area (Å²) in [6.45, 7) is 0. The molecule has 1 aromatic carbocycles. The van der Waals surface area contributed by atoms with Gasteiger partial charge in [0.15, 0.2) is 0 Å². The molecule has 23 heavy (non-hydrogen) atoms. The highest BCUT2D eigenvalue weighted by Crippen LogP contribution is 2.39. The second-order valence-electron chi connectivity index (χ2n) is 6.03. The zero-order chi connectivity index (χ0) is 16.6. The van der Waals surface area contributed by atoms with E-state index in [0.29, 0.717) is 35.1 Å². The molecule has 0 saturated carbocycles. The van der Waals surface area contributed by atoms with Crippen LogP contribution in [0.5, 0.6) is 11.5 Å². The molecule has 7 heteroatoms. The zero-order valence-corrected chi connectivity index (χ0v) is 14.0. The van der Waals surface area contributed by atoms with Crippen molar-refractivity contribution in [3.63, 3.8) is 0 Å². The number of carbonyl (C=O) groups excluding carboxylic acids is 1. The van der Waals surface area contributed by atoms with Crippen molar-refractivity contribution in [1.82, 2.24) is 4.90 Å². The van der Waals surface area contributed by atoms with Crippen molar-refractivity contribution in [3.05, 3.63) is 17.2 Å². The van der Waals surface area contributed by atoms with Gasteiger partial charge in [-0.1, -0.05) is 11.6 Å². The summed E-state index contributed by atoms with van der Waals surface area (Å²) in [5.41, 5.74) is 0.508. The molecule has 0 aliphatic carbocycles. The van der Waals surface area contributed by atoms with Gasteiger partial charge in [-0.2, -0.15) is 0 Å². The van der Waals surface area contributed by atoms with Crippen LogP contribution in [0.15, 0.2) is 12.1 Å². The molecule has 2 atom stereocenters. The fourth-order valence-corrected chi connectivity index (χ4v) is 3.86. The summed E-state index contributed by atoms with van der Waals surface area (Å²) >= 11 is 6.14. The van der Waals surface area contributed by atoms with E-state index in [2.05, 4.69) is 5.32 Å². The van der Waals surface area contributed by atoms with Crippen LogP contribution in [0.4, 0.5) is 10.5 Å². The number of piperidine rings is 1. The molecule has 0 spiro atoms. The standard InChI is InChI=1S/C16H21ClN2O4/c1-22-14-8-15(23-2)13(7-12(14)17)18-16(21)19-9-3-4-10(19)6-11(20)5-9/h7-11,20H,3-6H2,1-2H3,(H,18,21). The Morgan fingerprint density at radius 2 is 1.83 bits per heavy atom. The SMILES string of the molecule is COc1cc(OC)c(NC(=O)N2C3CCC2CC(O)C3)cc1Cl. The van der Waals surface area contributed by atoms with Crippen LogP contribution in [0.2, 0.25) is 5.02 Å². The fraction of sp³-hybridized carbons (Fsp3) is 0.562. The first kappa shape index (κ1) is 16.2. The molecule has 1 aromatic rings. The third-order valence-corrected chi connectivity index (χ3v) is 4.95. The number of nitrogens with zero attached hydrogens (tertiary/aromatic N) is 1. The van der Waals surface area contributed by atoms with Gasteiger partial charge in [0.2, 0.25) is 0 Å². The van der Waals surface area contributed by atoms with Crippen molar-refractivity contribution >= 4 is 23.3 Å². The lowest BCUT2D eigenvalue weighted by Crippen LogP contribution is -2.49. The predicted octanol–water partition coefficient (Wildman–Crippen LogP) is 2.88. The summed E-state index contributed by atoms with van der Waals surface area (Å²) in [7, 11) is 3.05. The van der Waals surface area contributed by atoms with Gasteiger partial charge in [-0.05, 0) is 31.7 Å². The summed E-state index contributed by atoms with van der Waals surface area (Å²) in [6, 6.07) is 3.29. The Kier molecular flexibility index (Phi) is 4.55. The monoisotopic (exact) mass is 340 g/mol. The lowest BCUT2D eigenvalue weighted by molar-refractivity contribution is 0.0580. The van der Waals surface area contributed by atoms with Gasteiger partial charge < -0.3 is 24.8 Å². The predicted molar refractivity (Wildman–Crippen MR) is 87.5 cm³/mol. The lowest BCUT2D eigenvalue weighted by atomic mass is 10.0. The summed E-state index contributed by atoms with van der Waals surface area (Å²) in [5, 5.41) is 13.1. The number of rotatable bonds is 3. The van der Waals surface area contributed by atoms with Gasteiger partial charge in [0.25, 0.3) is 0 Å². The average Bonchev–Trinajstić information content (AvgIpc) is 2.79. The summed E-state index contributed by atoms with van der Waals surface area (Å²) in [6.07, 6.45) is 2.86. The Morgan fingerprint density at radius 1 is 1.22 bits per heavy atom. The van der Waals surface area contributed by atoms with Crippen molar-refractivity contribution in [3.8, 4) is 11.5 Å². The van der Waals surface area contributed by atoms with Gasteiger partial charge in [0, 0.05) is 18.2 Å². The maximum atomic E-state index is 12.7. The van der Waals surface area contributed by atoms with Crippen molar-refractivity contribution < 1.29 is 19.4 Å². The van der Waals surface area contributed by atoms with Crippen LogP contribution in [0.25, 0.3) is 0 Å². The van der Waals surface area contributed by atoms with Gasteiger partial charge >= 0.3 is 6.03 Å². The maximum absolute atomic E-state index is 12.7. The van der Waals surface area contributed by atoms with Crippen LogP contribution in [0.3, 0.4) is 0 Å². The fourth-order valence-electron chi connectivity index (χ4n) is 3.62. The van der Waals surface area contributed by atoms with Gasteiger partial charge in [-0.25, -0.2) is 4.79 Å². The molecule has 2 amide bonds. The number of amides is 2. The van der Waals surface area contributed by atoms with E-state index in [-0.39, 0.29) is 24.2 Å². The third kappa shape index (κ3) is 3.05. The Bertz CT molecular complexity index is 596. The second-order valence-corrected chi connectivity index (χ2v) is 6.44. The van der Waals surface area contributed by atoms with Crippen LogP contribution in [0.1, 0.15) is 25.7 Å². The van der Waals surface area contributed by atoms with Crippen LogP contribution >= 0.6 is 11.6 Å². The van der Waals surface area contributed by atoms with Crippen molar-refractivity contribution in [2.45, 2.75) is 43.9 Å². The quantitative estimate of drug-likeness (QED) is 0.887. The molecule has 2 aliphatic rings. The molecule has 2 saturated heterocycles. The van der Waals surface area contributed by atoms with E-state index in [1.54, 1.807) is 12.1 Å². The first-order chi connectivity index (χ1) is 11.0. The number of urea groups is 1. The van der Waals surface area contributed by atoms with Crippen LogP contribution in [0, 0.1) is 0 Å². The molecule has 0 aromatic heterocycles. The van der Waals surface area contributed by atoms with E-state index in [1.165, 1.54) is 14.2 Å². The highest BCUT2D eigenvalue weighted by Gasteiger charge is 2.42. The molecule has 3 rings (SSSR count). The van der Waals surface area contributed by atoms with Crippen LogP contribution < -0.4 is 14.8 Å². The number of aliphatic hydroxyl groups is 1. The van der Waals surface area contributed by atoms with Crippen LogP contribution in [-0.2, 0) is 0 Å². The molecule has 0 radical (unpaired) electrons. The number of hydrogen-bond acceptors (Lipinski definition) is 4. The number of anilines is 1. The van der Waals surface area contributed by atoms with E-state index in [1.807, 2.05) is 4.90 Å². The van der Waals surface area contributed by atoms with Crippen molar-refractivity contribution in [2.75, 3.05) is 19.5 Å². The third-order valence-electron chi connectivity index (χ3n) is 4.66. The first-order valence-corrected chi connectivity index (χ1v) is 8.10. The number of benzene rings is 1. The molecule has 2 bridgehead atoms. The highest BCUT2D eigenvalue weighted by molar-refractivity contribution is 6.32. The lowest BCUT2D eigenvalue weighted by Gasteiger charge is -2.37. The summed E-state index contributed by atoms with van der Waals surface area (Å²) in [4.78, 5) is 14.5. The second kappa shape index (κ2) is 6.45. The Morgan fingerprint density at radius 3 is 2.39 bits per heavy atom. The Balaban J connectivity index is 1.79. The van der Waals surface area contributed by atoms with Gasteiger partial charge in [-0.3, -0.25) is 0 Å². The molecule has 2 aliphatic heterocycles. The molecular formula is C16H21ClN2O4. The number of fused-ring (bicyclic) bond motifs is 2. The normalized spacial score (nSPS) is 26.1. The Hall–Kier alpha value is -1.66. The molecular weight excluding hydrogens is 320 g/mol. The smallest absolute Gasteiger partial charge is 0.322 e. The highest BCUT2D eigenvalue weighted by atomic mass is 35.5. The molecule has 2 unspecified atom stereocenters. The molecule has 2 heterocycles. The van der Waals surface area contributed by atoms with Crippen molar-refractivity contribution in [2.24, 2.45) is 0 Å². The number of halogens is 1. The number of carbonyl (C=O) groups is 1. The van der Waals surface area contributed by atoms with E-state index in [0.717, 1.165) is 12.8 Å². The minimum atomic E-state index is -0.304. The van der Waals surface area contributed by atoms with E-state index < -0.39 is 0 Å². The Labute approximate surface area is 140 Å². The van der Waals surface area contributed by atoms with E-state index >= 15 is 0 Å². The molecule has 126 valence electrons. The number of ether oxygens (including phenoxy) is 2. The maximum Gasteiger partial charge on any atom is 0.322 e. The number of methoxy groups -OCH3 is 2. The molecule has 6 nitrogen and oxygen atoms in total. The molecule has 2 fully saturated rings. The van der Waals surface area contributed by atoms with E-state index in [4.69, 9.17) is 21.1 Å². The summed E-state index contributed by atoms with van der Waals surface area (Å²) < 4.78 is 10.5. The average molecular weight is 341 g/mol. The van der Waals surface area contributed by atoms with Gasteiger partial charge in [0.05, 0.1) is 31.0 Å². The van der Waals surface area contributed by atoms with Crippen LogP contribution in [-0.4, -0.2) is 48.4 Å². The number of hydrogen-bond donors (Lipinski definition) is 2. The largest absolute Gasteiger partial charge is 0.495 e. The number of aliphatic hydroxyl groups excluding tert-OH is 1. The van der Waals surface area contributed by atoms with Gasteiger partial charge in [0.1, 0.15) is 11.5 Å². The van der Waals surface area contributed by atoms with Crippen molar-refractivity contribution in [1.29, 1.82) is 0 Å². The minimum absolute atomic E-state index is 0.100. The summed E-state index contributed by atoms with van der Waals surface area (Å²) in [5.74, 6) is 0.978. The first-order valence-electron chi connectivity index (χ1n) is 7.72. The van der Waals surface area contributed by atoms with E-state index in [9.17, 15) is 9.90 Å². The minimum Gasteiger partial charge on any atom is -0.495 e. The number of nitrogens with one attached hydrogen (secondary N) is 1. The molecule has 2 N–H and O–H groups in total.